The minimum atomic E-state index is -1.82. The second-order valence-electron chi connectivity index (χ2n) is 5.41. The fraction of sp³-hybridized carbons (Fsp3) is 0.412. The molecule has 0 heterocycles. The molecule has 0 saturated heterocycles. The maximum atomic E-state index is 13.9. The summed E-state index contributed by atoms with van der Waals surface area (Å²) in [6.45, 7) is 5.89. The van der Waals surface area contributed by atoms with Crippen LogP contribution in [0.25, 0.3) is 6.08 Å². The van der Waals surface area contributed by atoms with Gasteiger partial charge in [-0.05, 0) is 13.1 Å². The highest BCUT2D eigenvalue weighted by Crippen LogP contribution is 2.30. The molecule has 0 unspecified atom stereocenters. The molecule has 0 atom stereocenters. The van der Waals surface area contributed by atoms with Gasteiger partial charge in [-0.1, -0.05) is 26.0 Å². The Morgan fingerprint density at radius 1 is 0.889 bits per heavy atom. The number of carbonyl (C=O) groups is 2. The molecule has 1 aromatic carbocycles. The lowest BCUT2D eigenvalue weighted by Gasteiger charge is -2.17. The molecule has 0 radical (unpaired) electrons. The van der Waals surface area contributed by atoms with E-state index in [4.69, 9.17) is 19.8 Å². The topological polar surface area (TPSA) is 81.1 Å². The van der Waals surface area contributed by atoms with Crippen LogP contribution in [0.1, 0.15) is 19.4 Å². The number of anilines is 1. The van der Waals surface area contributed by atoms with Crippen LogP contribution in [-0.4, -0.2) is 60.8 Å². The van der Waals surface area contributed by atoms with Gasteiger partial charge < -0.3 is 20.0 Å². The second kappa shape index (κ2) is 11.2. The SMILES string of the molecule is CCN(CC)C/C=C/c1c(F)c(F)c(N(C)C)c(F)c1F.O=C(O)C(=O)O. The third-order valence-corrected chi connectivity index (χ3v) is 3.45. The molecule has 0 amide bonds. The number of carboxylic acids is 2. The molecule has 0 fully saturated rings. The van der Waals surface area contributed by atoms with Gasteiger partial charge in [0.15, 0.2) is 23.3 Å². The number of benzene rings is 1. The van der Waals surface area contributed by atoms with Crippen molar-refractivity contribution in [3.63, 3.8) is 0 Å². The van der Waals surface area contributed by atoms with Gasteiger partial charge in [-0.25, -0.2) is 27.2 Å². The van der Waals surface area contributed by atoms with E-state index in [0.717, 1.165) is 24.1 Å². The largest absolute Gasteiger partial charge is 0.473 e. The maximum Gasteiger partial charge on any atom is 0.414 e. The van der Waals surface area contributed by atoms with Crippen molar-refractivity contribution < 1.29 is 37.4 Å². The lowest BCUT2D eigenvalue weighted by molar-refractivity contribution is -0.159. The molecule has 0 spiro atoms. The molecule has 10 heteroatoms. The van der Waals surface area contributed by atoms with Gasteiger partial charge in [0, 0.05) is 20.6 Å². The van der Waals surface area contributed by atoms with E-state index in [9.17, 15) is 17.6 Å². The number of nitrogens with zero attached hydrogens (tertiary/aromatic N) is 2. The molecule has 152 valence electrons. The summed E-state index contributed by atoms with van der Waals surface area (Å²) in [6.07, 6.45) is 2.57. The van der Waals surface area contributed by atoms with Gasteiger partial charge in [-0.15, -0.1) is 0 Å². The van der Waals surface area contributed by atoms with Crippen molar-refractivity contribution in [3.8, 4) is 0 Å². The molecule has 0 saturated carbocycles. The summed E-state index contributed by atoms with van der Waals surface area (Å²) < 4.78 is 55.4. The highest BCUT2D eigenvalue weighted by molar-refractivity contribution is 6.27. The van der Waals surface area contributed by atoms with Crippen molar-refractivity contribution >= 4 is 23.7 Å². The first-order valence-corrected chi connectivity index (χ1v) is 7.87. The van der Waals surface area contributed by atoms with Crippen LogP contribution < -0.4 is 4.90 Å². The number of halogens is 4. The molecule has 6 nitrogen and oxygen atoms in total. The molecule has 0 aliphatic rings. The van der Waals surface area contributed by atoms with Crippen LogP contribution in [0.15, 0.2) is 6.08 Å². The molecule has 0 aliphatic heterocycles. The van der Waals surface area contributed by atoms with Gasteiger partial charge in [0.2, 0.25) is 0 Å². The van der Waals surface area contributed by atoms with Gasteiger partial charge in [0.1, 0.15) is 5.69 Å². The number of aliphatic carboxylic acids is 2. The second-order valence-corrected chi connectivity index (χ2v) is 5.41. The quantitative estimate of drug-likeness (QED) is 0.439. The molecule has 2 N–H and O–H groups in total. The van der Waals surface area contributed by atoms with Gasteiger partial charge in [-0.3, -0.25) is 0 Å². The van der Waals surface area contributed by atoms with Gasteiger partial charge >= 0.3 is 11.9 Å². The van der Waals surface area contributed by atoms with E-state index < -0.39 is 46.5 Å². The zero-order chi connectivity index (χ0) is 21.3. The first kappa shape index (κ1) is 24.4. The average molecular weight is 394 g/mol. The molecule has 0 bridgehead atoms. The normalized spacial score (nSPS) is 10.7. The Kier molecular flexibility index (Phi) is 10.1. The fourth-order valence-electron chi connectivity index (χ4n) is 1.98. The molecular formula is C17H22F4N2O4. The van der Waals surface area contributed by atoms with E-state index >= 15 is 0 Å². The Bertz CT molecular complexity index is 664. The van der Waals surface area contributed by atoms with Gasteiger partial charge in [0.25, 0.3) is 0 Å². The van der Waals surface area contributed by atoms with E-state index in [-0.39, 0.29) is 0 Å². The number of likely N-dealkylation sites (N-methyl/N-ethyl adjacent to an activating group) is 1. The number of rotatable bonds is 6. The summed E-state index contributed by atoms with van der Waals surface area (Å²) in [6, 6.07) is 0. The van der Waals surface area contributed by atoms with E-state index in [2.05, 4.69) is 0 Å². The number of hydrogen-bond donors (Lipinski definition) is 2. The Balaban J connectivity index is 0.000000972. The zero-order valence-electron chi connectivity index (χ0n) is 15.4. The lowest BCUT2D eigenvalue weighted by Crippen LogP contribution is -2.22. The summed E-state index contributed by atoms with van der Waals surface area (Å²) >= 11 is 0. The summed E-state index contributed by atoms with van der Waals surface area (Å²) in [7, 11) is 2.63. The summed E-state index contributed by atoms with van der Waals surface area (Å²) in [5.41, 5.74) is -1.41. The monoisotopic (exact) mass is 394 g/mol. The molecule has 1 rings (SSSR count). The number of hydrogen-bond acceptors (Lipinski definition) is 4. The third kappa shape index (κ3) is 6.89. The number of carboxylic acid groups (broad SMARTS) is 2. The Morgan fingerprint density at radius 3 is 1.59 bits per heavy atom. The molecular weight excluding hydrogens is 372 g/mol. The van der Waals surface area contributed by atoms with Crippen LogP contribution >= 0.6 is 0 Å². The standard InChI is InChI=1S/C15H20F4N2.C2H2O4/c1-5-21(6-2)9-7-8-10-11(16)13(18)15(20(3)4)14(19)12(10)17;3-1(4)2(5)6/h7-8H,5-6,9H2,1-4H3;(H,3,4)(H,5,6)/b8-7+;. The highest BCUT2D eigenvalue weighted by Gasteiger charge is 2.25. The minimum Gasteiger partial charge on any atom is -0.473 e. The van der Waals surface area contributed by atoms with Crippen molar-refractivity contribution in [2.45, 2.75) is 13.8 Å². The van der Waals surface area contributed by atoms with Crippen LogP contribution in [0.5, 0.6) is 0 Å². The molecule has 27 heavy (non-hydrogen) atoms. The van der Waals surface area contributed by atoms with Crippen molar-refractivity contribution in [2.75, 3.05) is 38.6 Å². The van der Waals surface area contributed by atoms with Crippen molar-refractivity contribution in [1.82, 2.24) is 4.90 Å². The minimum absolute atomic E-state index is 0.449. The van der Waals surface area contributed by atoms with Crippen LogP contribution in [0.4, 0.5) is 23.2 Å². The summed E-state index contributed by atoms with van der Waals surface area (Å²) in [5.74, 6) is -9.19. The Morgan fingerprint density at radius 2 is 1.30 bits per heavy atom. The lowest BCUT2D eigenvalue weighted by atomic mass is 10.1. The van der Waals surface area contributed by atoms with E-state index in [1.165, 1.54) is 20.2 Å². The van der Waals surface area contributed by atoms with Crippen molar-refractivity contribution in [3.05, 3.63) is 34.9 Å². The van der Waals surface area contributed by atoms with Crippen LogP contribution in [0.2, 0.25) is 0 Å². The average Bonchev–Trinajstić information content (AvgIpc) is 2.60. The van der Waals surface area contributed by atoms with Crippen LogP contribution in [0.3, 0.4) is 0 Å². The van der Waals surface area contributed by atoms with E-state index in [1.54, 1.807) is 0 Å². The fourth-order valence-corrected chi connectivity index (χ4v) is 1.98. The third-order valence-electron chi connectivity index (χ3n) is 3.45. The Hall–Kier alpha value is -2.62. The first-order valence-electron chi connectivity index (χ1n) is 7.87. The smallest absolute Gasteiger partial charge is 0.414 e. The van der Waals surface area contributed by atoms with E-state index in [1.807, 2.05) is 18.7 Å². The van der Waals surface area contributed by atoms with Gasteiger partial charge in [0.05, 0.1) is 5.56 Å². The van der Waals surface area contributed by atoms with E-state index in [0.29, 0.717) is 6.54 Å². The van der Waals surface area contributed by atoms with Crippen molar-refractivity contribution in [1.29, 1.82) is 0 Å². The van der Waals surface area contributed by atoms with Gasteiger partial charge in [-0.2, -0.15) is 0 Å². The van der Waals surface area contributed by atoms with Crippen LogP contribution in [-0.2, 0) is 9.59 Å². The Labute approximate surface area is 154 Å². The predicted octanol–water partition coefficient (Wildman–Crippen LogP) is 2.82. The zero-order valence-corrected chi connectivity index (χ0v) is 15.4. The van der Waals surface area contributed by atoms with Crippen LogP contribution in [0, 0.1) is 23.3 Å². The van der Waals surface area contributed by atoms with Crippen molar-refractivity contribution in [2.24, 2.45) is 0 Å². The predicted molar refractivity (Wildman–Crippen MR) is 92.7 cm³/mol. The summed E-state index contributed by atoms with van der Waals surface area (Å²) in [5, 5.41) is 14.8. The first-order chi connectivity index (χ1) is 12.5. The highest BCUT2D eigenvalue weighted by atomic mass is 19.2. The maximum absolute atomic E-state index is 13.9. The summed E-state index contributed by atoms with van der Waals surface area (Å²) in [4.78, 5) is 21.2. The molecule has 0 aliphatic carbocycles. The molecule has 1 aromatic rings. The molecule has 0 aromatic heterocycles.